The van der Waals surface area contributed by atoms with Crippen molar-refractivity contribution >= 4 is 15.9 Å². The highest BCUT2D eigenvalue weighted by Gasteiger charge is 2.33. The summed E-state index contributed by atoms with van der Waals surface area (Å²) in [6.07, 6.45) is 4.18. The number of carbonyl (C=O) groups excluding carboxylic acids is 1. The van der Waals surface area contributed by atoms with Crippen LogP contribution in [0.3, 0.4) is 0 Å². The van der Waals surface area contributed by atoms with Gasteiger partial charge in [-0.15, -0.1) is 0 Å². The maximum Gasteiger partial charge on any atom is 0.243 e. The molecule has 1 aliphatic carbocycles. The number of sulfonamides is 1. The zero-order valence-corrected chi connectivity index (χ0v) is 17.9. The van der Waals surface area contributed by atoms with E-state index in [1.165, 1.54) is 9.87 Å². The van der Waals surface area contributed by atoms with Crippen LogP contribution in [0.1, 0.15) is 41.9 Å². The second kappa shape index (κ2) is 7.95. The maximum atomic E-state index is 13.1. The van der Waals surface area contributed by atoms with Crippen molar-refractivity contribution in [2.45, 2.75) is 50.5 Å². The van der Waals surface area contributed by atoms with Crippen LogP contribution in [-0.4, -0.2) is 43.7 Å². The largest absolute Gasteiger partial charge is 0.464 e. The highest BCUT2D eigenvalue weighted by atomic mass is 32.2. The average molecular weight is 417 g/mol. The minimum absolute atomic E-state index is 0.0497. The van der Waals surface area contributed by atoms with Crippen molar-refractivity contribution < 1.29 is 17.6 Å². The predicted molar refractivity (Wildman–Crippen MR) is 110 cm³/mol. The average Bonchev–Trinajstić information content (AvgIpc) is 3.35. The number of hydrogen-bond acceptors (Lipinski definition) is 4. The number of rotatable bonds is 5. The van der Waals surface area contributed by atoms with Gasteiger partial charge in [-0.05, 0) is 74.4 Å². The fourth-order valence-corrected chi connectivity index (χ4v) is 5.92. The van der Waals surface area contributed by atoms with Crippen molar-refractivity contribution in [3.05, 3.63) is 53.0 Å². The summed E-state index contributed by atoms with van der Waals surface area (Å²) in [5, 5.41) is 0. The van der Waals surface area contributed by atoms with E-state index < -0.39 is 10.0 Å². The molecule has 2 heterocycles. The monoisotopic (exact) mass is 416 g/mol. The first-order chi connectivity index (χ1) is 13.8. The van der Waals surface area contributed by atoms with E-state index in [4.69, 9.17) is 4.42 Å². The van der Waals surface area contributed by atoms with Gasteiger partial charge in [-0.25, -0.2) is 8.42 Å². The number of nitrogens with zero attached hydrogens (tertiary/aromatic N) is 2. The molecule has 2 aromatic rings. The van der Waals surface area contributed by atoms with Crippen molar-refractivity contribution in [2.24, 2.45) is 5.92 Å². The van der Waals surface area contributed by atoms with E-state index in [0.717, 1.165) is 36.3 Å². The highest BCUT2D eigenvalue weighted by Crippen LogP contribution is 2.29. The molecule has 0 saturated carbocycles. The van der Waals surface area contributed by atoms with Crippen molar-refractivity contribution in [1.82, 2.24) is 9.21 Å². The molecule has 1 amide bonds. The Kier molecular flexibility index (Phi) is 5.53. The van der Waals surface area contributed by atoms with E-state index in [1.807, 2.05) is 31.2 Å². The molecule has 0 bridgehead atoms. The molecule has 0 atom stereocenters. The van der Waals surface area contributed by atoms with Gasteiger partial charge < -0.3 is 9.32 Å². The summed E-state index contributed by atoms with van der Waals surface area (Å²) in [6, 6.07) is 9.29. The first-order valence-electron chi connectivity index (χ1n) is 10.3. The van der Waals surface area contributed by atoms with Crippen LogP contribution in [0.2, 0.25) is 0 Å². The SMILES string of the molecule is Cc1ccc(CN(C)C(=O)C2CCN(S(=O)(=O)c3ccc4c(c3)CCC4)CC2)o1. The number of amides is 1. The minimum atomic E-state index is -3.51. The summed E-state index contributed by atoms with van der Waals surface area (Å²) >= 11 is 0. The Morgan fingerprint density at radius 3 is 2.55 bits per heavy atom. The third-order valence-corrected chi connectivity index (χ3v) is 7.97. The summed E-state index contributed by atoms with van der Waals surface area (Å²) in [5.41, 5.74) is 2.42. The van der Waals surface area contributed by atoms with E-state index in [1.54, 1.807) is 18.0 Å². The van der Waals surface area contributed by atoms with E-state index in [0.29, 0.717) is 37.4 Å². The summed E-state index contributed by atoms with van der Waals surface area (Å²) in [7, 11) is -1.73. The Balaban J connectivity index is 1.37. The Morgan fingerprint density at radius 2 is 1.86 bits per heavy atom. The van der Waals surface area contributed by atoms with Gasteiger partial charge in [0.25, 0.3) is 0 Å². The molecule has 0 spiro atoms. The lowest BCUT2D eigenvalue weighted by molar-refractivity contribution is -0.136. The summed E-state index contributed by atoms with van der Waals surface area (Å²) in [5.74, 6) is 1.48. The van der Waals surface area contributed by atoms with E-state index in [-0.39, 0.29) is 11.8 Å². The number of fused-ring (bicyclic) bond motifs is 1. The van der Waals surface area contributed by atoms with Crippen LogP contribution < -0.4 is 0 Å². The Morgan fingerprint density at radius 1 is 1.14 bits per heavy atom. The van der Waals surface area contributed by atoms with Gasteiger partial charge in [0, 0.05) is 26.1 Å². The van der Waals surface area contributed by atoms with Gasteiger partial charge in [-0.3, -0.25) is 4.79 Å². The van der Waals surface area contributed by atoms with Crippen LogP contribution in [-0.2, 0) is 34.2 Å². The molecule has 4 rings (SSSR count). The number of benzene rings is 1. The van der Waals surface area contributed by atoms with Gasteiger partial charge in [0.1, 0.15) is 11.5 Å². The molecule has 29 heavy (non-hydrogen) atoms. The van der Waals surface area contributed by atoms with Crippen LogP contribution in [0, 0.1) is 12.8 Å². The lowest BCUT2D eigenvalue weighted by Gasteiger charge is -2.32. The Bertz CT molecular complexity index is 1000. The molecule has 2 aliphatic rings. The maximum absolute atomic E-state index is 13.1. The molecule has 0 N–H and O–H groups in total. The second-order valence-corrected chi connectivity index (χ2v) is 10.1. The van der Waals surface area contributed by atoms with Crippen LogP contribution >= 0.6 is 0 Å². The first-order valence-corrected chi connectivity index (χ1v) is 11.7. The van der Waals surface area contributed by atoms with Gasteiger partial charge in [-0.2, -0.15) is 4.31 Å². The standard InChI is InChI=1S/C22H28N2O4S/c1-16-6-8-20(28-16)15-23(2)22(25)18-10-12-24(13-11-18)29(26,27)21-9-7-17-4-3-5-19(17)14-21/h6-9,14,18H,3-5,10-13,15H2,1-2H3. The zero-order chi connectivity index (χ0) is 20.6. The fraction of sp³-hybridized carbons (Fsp3) is 0.500. The van der Waals surface area contributed by atoms with Crippen LogP contribution in [0.5, 0.6) is 0 Å². The molecule has 0 radical (unpaired) electrons. The molecule has 1 fully saturated rings. The number of carbonyl (C=O) groups is 1. The molecule has 156 valence electrons. The van der Waals surface area contributed by atoms with Crippen molar-refractivity contribution in [2.75, 3.05) is 20.1 Å². The lowest BCUT2D eigenvalue weighted by atomic mass is 9.96. The smallest absolute Gasteiger partial charge is 0.243 e. The van der Waals surface area contributed by atoms with Crippen LogP contribution in [0.4, 0.5) is 0 Å². The van der Waals surface area contributed by atoms with Crippen molar-refractivity contribution in [3.8, 4) is 0 Å². The number of furan rings is 1. The van der Waals surface area contributed by atoms with Gasteiger partial charge in [-0.1, -0.05) is 6.07 Å². The van der Waals surface area contributed by atoms with Crippen molar-refractivity contribution in [1.29, 1.82) is 0 Å². The van der Waals surface area contributed by atoms with Crippen LogP contribution in [0.25, 0.3) is 0 Å². The molecular formula is C22H28N2O4S. The second-order valence-electron chi connectivity index (χ2n) is 8.17. The normalized spacial score (nSPS) is 18.0. The molecule has 6 nitrogen and oxygen atoms in total. The number of aryl methyl sites for hydroxylation is 3. The molecule has 1 aliphatic heterocycles. The minimum Gasteiger partial charge on any atom is -0.464 e. The molecule has 7 heteroatoms. The summed E-state index contributed by atoms with van der Waals surface area (Å²) in [4.78, 5) is 14.8. The van der Waals surface area contributed by atoms with E-state index in [9.17, 15) is 13.2 Å². The van der Waals surface area contributed by atoms with Crippen molar-refractivity contribution in [3.63, 3.8) is 0 Å². The summed E-state index contributed by atoms with van der Waals surface area (Å²) in [6.45, 7) is 3.07. The van der Waals surface area contributed by atoms with Gasteiger partial charge in [0.15, 0.2) is 0 Å². The van der Waals surface area contributed by atoms with Crippen LogP contribution in [0.15, 0.2) is 39.6 Å². The predicted octanol–water partition coefficient (Wildman–Crippen LogP) is 3.14. The van der Waals surface area contributed by atoms with Gasteiger partial charge >= 0.3 is 0 Å². The molecule has 1 aromatic heterocycles. The molecule has 1 saturated heterocycles. The first kappa shape index (κ1) is 20.2. The topological polar surface area (TPSA) is 70.8 Å². The quantitative estimate of drug-likeness (QED) is 0.751. The highest BCUT2D eigenvalue weighted by molar-refractivity contribution is 7.89. The van der Waals surface area contributed by atoms with E-state index >= 15 is 0 Å². The van der Waals surface area contributed by atoms with Gasteiger partial charge in [0.2, 0.25) is 15.9 Å². The third kappa shape index (κ3) is 4.12. The number of hydrogen-bond donors (Lipinski definition) is 0. The Hall–Kier alpha value is -2.12. The number of piperidine rings is 1. The third-order valence-electron chi connectivity index (χ3n) is 6.08. The molecule has 0 unspecified atom stereocenters. The van der Waals surface area contributed by atoms with Gasteiger partial charge in [0.05, 0.1) is 11.4 Å². The lowest BCUT2D eigenvalue weighted by Crippen LogP contribution is -2.43. The summed E-state index contributed by atoms with van der Waals surface area (Å²) < 4.78 is 33.2. The Labute approximate surface area is 172 Å². The fourth-order valence-electron chi connectivity index (χ4n) is 4.39. The zero-order valence-electron chi connectivity index (χ0n) is 17.1. The molecule has 1 aromatic carbocycles. The van der Waals surface area contributed by atoms with E-state index in [2.05, 4.69) is 0 Å². The molecular weight excluding hydrogens is 388 g/mol.